The molecule has 1 aromatic carbocycles. The molecule has 96 valence electrons. The van der Waals surface area contributed by atoms with Crippen LogP contribution in [0.2, 0.25) is 0 Å². The summed E-state index contributed by atoms with van der Waals surface area (Å²) in [6.07, 6.45) is 0. The fourth-order valence-electron chi connectivity index (χ4n) is 2.28. The van der Waals surface area contributed by atoms with Gasteiger partial charge in [0.2, 0.25) is 0 Å². The van der Waals surface area contributed by atoms with Crippen LogP contribution in [0.1, 0.15) is 20.8 Å². The van der Waals surface area contributed by atoms with Crippen molar-refractivity contribution in [1.82, 2.24) is 0 Å². The number of anilines is 1. The summed E-state index contributed by atoms with van der Waals surface area (Å²) in [5.74, 6) is -0.844. The number of carbonyl (C=O) groups excluding carboxylic acids is 2. The lowest BCUT2D eigenvalue weighted by Crippen LogP contribution is -2.29. The van der Waals surface area contributed by atoms with E-state index in [0.29, 0.717) is 12.1 Å². The van der Waals surface area contributed by atoms with Crippen molar-refractivity contribution in [3.63, 3.8) is 0 Å². The van der Waals surface area contributed by atoms with E-state index in [1.165, 1.54) is 0 Å². The number of aryl methyl sites for hydroxylation is 1. The highest BCUT2D eigenvalue weighted by Crippen LogP contribution is 2.34. The molecule has 1 aliphatic rings. The molecule has 1 aliphatic heterocycles. The lowest BCUT2D eigenvalue weighted by molar-refractivity contribution is -0.114. The normalized spacial score (nSPS) is 14.1. The Bertz CT molecular complexity index is 693. The Morgan fingerprint density at radius 3 is 2.79 bits per heavy atom. The predicted molar refractivity (Wildman–Crippen MR) is 78.7 cm³/mol. The SMILES string of the molecule is Cc1cccc2c1N(Cc1cc(Br)cs1)C(=O)C2=O. The topological polar surface area (TPSA) is 37.4 Å². The van der Waals surface area contributed by atoms with Crippen molar-refractivity contribution in [3.05, 3.63) is 50.1 Å². The van der Waals surface area contributed by atoms with Crippen molar-refractivity contribution in [2.45, 2.75) is 13.5 Å². The number of halogens is 1. The number of hydrogen-bond acceptors (Lipinski definition) is 3. The fraction of sp³-hybridized carbons (Fsp3) is 0.143. The first-order valence-corrected chi connectivity index (χ1v) is 7.44. The molecule has 0 unspecified atom stereocenters. The quantitative estimate of drug-likeness (QED) is 0.787. The number of thiophene rings is 1. The van der Waals surface area contributed by atoms with Gasteiger partial charge >= 0.3 is 0 Å². The van der Waals surface area contributed by atoms with Gasteiger partial charge in [-0.25, -0.2) is 0 Å². The van der Waals surface area contributed by atoms with E-state index in [1.54, 1.807) is 22.3 Å². The Morgan fingerprint density at radius 2 is 2.11 bits per heavy atom. The molecular weight excluding hydrogens is 326 g/mol. The average molecular weight is 336 g/mol. The van der Waals surface area contributed by atoms with Crippen LogP contribution in [0, 0.1) is 6.92 Å². The number of fused-ring (bicyclic) bond motifs is 1. The van der Waals surface area contributed by atoms with Crippen molar-refractivity contribution in [2.75, 3.05) is 4.90 Å². The second kappa shape index (κ2) is 4.58. The van der Waals surface area contributed by atoms with Gasteiger partial charge in [0.25, 0.3) is 11.7 Å². The van der Waals surface area contributed by atoms with Gasteiger partial charge in [-0.15, -0.1) is 11.3 Å². The molecule has 0 N–H and O–H groups in total. The summed E-state index contributed by atoms with van der Waals surface area (Å²) in [4.78, 5) is 26.7. The number of hydrogen-bond donors (Lipinski definition) is 0. The van der Waals surface area contributed by atoms with E-state index in [2.05, 4.69) is 15.9 Å². The van der Waals surface area contributed by atoms with Gasteiger partial charge in [-0.3, -0.25) is 14.5 Å². The number of nitrogens with zero attached hydrogens (tertiary/aromatic N) is 1. The number of ketones is 1. The van der Waals surface area contributed by atoms with Gasteiger partial charge in [-0.1, -0.05) is 12.1 Å². The maximum absolute atomic E-state index is 12.1. The summed E-state index contributed by atoms with van der Waals surface area (Å²) < 4.78 is 0.996. The molecule has 0 radical (unpaired) electrons. The summed E-state index contributed by atoms with van der Waals surface area (Å²) in [5.41, 5.74) is 2.22. The van der Waals surface area contributed by atoms with Crippen LogP contribution in [-0.2, 0) is 11.3 Å². The van der Waals surface area contributed by atoms with E-state index in [9.17, 15) is 9.59 Å². The smallest absolute Gasteiger partial charge is 0.299 e. The van der Waals surface area contributed by atoms with Crippen LogP contribution in [0.4, 0.5) is 5.69 Å². The van der Waals surface area contributed by atoms with Crippen LogP contribution in [0.3, 0.4) is 0 Å². The third-order valence-electron chi connectivity index (χ3n) is 3.13. The molecule has 2 heterocycles. The lowest BCUT2D eigenvalue weighted by atomic mass is 10.1. The standard InChI is InChI=1S/C14H10BrNO2S/c1-8-3-2-4-11-12(8)16(14(18)13(11)17)6-10-5-9(15)7-19-10/h2-5,7H,6H2,1H3. The second-order valence-electron chi connectivity index (χ2n) is 4.42. The largest absolute Gasteiger partial charge is 0.299 e. The molecule has 0 aliphatic carbocycles. The third kappa shape index (κ3) is 2.03. The molecule has 1 aromatic heterocycles. The fourth-order valence-corrected chi connectivity index (χ4v) is 3.72. The van der Waals surface area contributed by atoms with Gasteiger partial charge in [0.1, 0.15) is 0 Å². The zero-order chi connectivity index (χ0) is 13.6. The number of para-hydroxylation sites is 1. The maximum atomic E-state index is 12.1. The number of amides is 1. The third-order valence-corrected chi connectivity index (χ3v) is 4.81. The van der Waals surface area contributed by atoms with Gasteiger partial charge in [0, 0.05) is 14.7 Å². The Morgan fingerprint density at radius 1 is 1.32 bits per heavy atom. The molecule has 0 saturated carbocycles. The van der Waals surface area contributed by atoms with E-state index in [-0.39, 0.29) is 0 Å². The zero-order valence-electron chi connectivity index (χ0n) is 10.1. The van der Waals surface area contributed by atoms with Crippen molar-refractivity contribution in [2.24, 2.45) is 0 Å². The highest BCUT2D eigenvalue weighted by Gasteiger charge is 2.36. The van der Waals surface area contributed by atoms with Crippen LogP contribution < -0.4 is 4.90 Å². The van der Waals surface area contributed by atoms with Crippen LogP contribution in [0.25, 0.3) is 0 Å². The molecule has 0 spiro atoms. The van der Waals surface area contributed by atoms with Crippen LogP contribution in [0.15, 0.2) is 34.1 Å². The molecule has 19 heavy (non-hydrogen) atoms. The molecule has 3 nitrogen and oxygen atoms in total. The minimum atomic E-state index is -0.436. The van der Waals surface area contributed by atoms with Crippen molar-refractivity contribution < 1.29 is 9.59 Å². The Hall–Kier alpha value is -1.46. The molecule has 5 heteroatoms. The zero-order valence-corrected chi connectivity index (χ0v) is 12.5. The highest BCUT2D eigenvalue weighted by atomic mass is 79.9. The van der Waals surface area contributed by atoms with Crippen molar-refractivity contribution in [1.29, 1.82) is 0 Å². The minimum Gasteiger partial charge on any atom is -0.299 e. The first kappa shape index (κ1) is 12.6. The van der Waals surface area contributed by atoms with E-state index in [1.807, 2.05) is 30.5 Å². The predicted octanol–water partition coefficient (Wildman–Crippen LogP) is 3.55. The van der Waals surface area contributed by atoms with Gasteiger partial charge < -0.3 is 0 Å². The lowest BCUT2D eigenvalue weighted by Gasteiger charge is -2.17. The van der Waals surface area contributed by atoms with Crippen LogP contribution in [0.5, 0.6) is 0 Å². The highest BCUT2D eigenvalue weighted by molar-refractivity contribution is 9.10. The van der Waals surface area contributed by atoms with E-state index in [4.69, 9.17) is 0 Å². The van der Waals surface area contributed by atoms with Gasteiger partial charge in [-0.05, 0) is 40.5 Å². The number of rotatable bonds is 2. The van der Waals surface area contributed by atoms with Gasteiger partial charge in [0.05, 0.1) is 17.8 Å². The first-order valence-electron chi connectivity index (χ1n) is 5.76. The molecule has 0 bridgehead atoms. The molecule has 2 aromatic rings. The molecule has 0 atom stereocenters. The van der Waals surface area contributed by atoms with E-state index >= 15 is 0 Å². The minimum absolute atomic E-state index is 0.408. The van der Waals surface area contributed by atoms with Gasteiger partial charge in [0.15, 0.2) is 0 Å². The maximum Gasteiger partial charge on any atom is 0.299 e. The molecule has 0 saturated heterocycles. The number of benzene rings is 1. The van der Waals surface area contributed by atoms with Gasteiger partial charge in [-0.2, -0.15) is 0 Å². The molecule has 0 fully saturated rings. The first-order chi connectivity index (χ1) is 9.08. The Balaban J connectivity index is 2.04. The summed E-state index contributed by atoms with van der Waals surface area (Å²) in [6, 6.07) is 7.41. The van der Waals surface area contributed by atoms with Crippen LogP contribution >= 0.6 is 27.3 Å². The van der Waals surface area contributed by atoms with Crippen molar-refractivity contribution >= 4 is 44.6 Å². The summed E-state index contributed by atoms with van der Waals surface area (Å²) in [7, 11) is 0. The average Bonchev–Trinajstić information content (AvgIpc) is 2.89. The summed E-state index contributed by atoms with van der Waals surface area (Å²) in [5, 5.41) is 1.97. The second-order valence-corrected chi connectivity index (χ2v) is 6.33. The van der Waals surface area contributed by atoms with Crippen LogP contribution in [-0.4, -0.2) is 11.7 Å². The molecule has 1 amide bonds. The summed E-state index contributed by atoms with van der Waals surface area (Å²) >= 11 is 4.96. The molecular formula is C14H10BrNO2S. The van der Waals surface area contributed by atoms with E-state index < -0.39 is 11.7 Å². The number of Topliss-reactive ketones (excluding diaryl/α,β-unsaturated/α-hetero) is 1. The van der Waals surface area contributed by atoms with Crippen molar-refractivity contribution in [3.8, 4) is 0 Å². The Labute approximate surface area is 123 Å². The Kier molecular flexibility index (Phi) is 3.03. The summed E-state index contributed by atoms with van der Waals surface area (Å²) in [6.45, 7) is 2.36. The monoisotopic (exact) mass is 335 g/mol. The van der Waals surface area contributed by atoms with E-state index in [0.717, 1.165) is 20.6 Å². The number of carbonyl (C=O) groups is 2. The molecule has 3 rings (SSSR count).